The highest BCUT2D eigenvalue weighted by atomic mass is 16.4. The van der Waals surface area contributed by atoms with E-state index in [1.54, 1.807) is 17.0 Å². The third kappa shape index (κ3) is 1.71. The van der Waals surface area contributed by atoms with E-state index in [0.717, 1.165) is 5.82 Å². The zero-order valence-corrected chi connectivity index (χ0v) is 8.08. The Morgan fingerprint density at radius 1 is 1.40 bits per heavy atom. The molecule has 0 saturated carbocycles. The first kappa shape index (κ1) is 9.39. The number of nitrogens with zero attached hydrogens (tertiary/aromatic N) is 3. The lowest BCUT2D eigenvalue weighted by atomic mass is 10.2. The second-order valence-electron chi connectivity index (χ2n) is 3.05. The van der Waals surface area contributed by atoms with Crippen LogP contribution in [0.4, 0.5) is 0 Å². The van der Waals surface area contributed by atoms with Gasteiger partial charge >= 0.3 is 5.97 Å². The van der Waals surface area contributed by atoms with Gasteiger partial charge in [0.1, 0.15) is 11.6 Å². The minimum Gasteiger partial charge on any atom is -0.478 e. The molecular formula is C10H9N3O2. The Morgan fingerprint density at radius 2 is 2.20 bits per heavy atom. The minimum atomic E-state index is -0.962. The highest BCUT2D eigenvalue weighted by molar-refractivity contribution is 5.87. The SMILES string of the molecule is Cc1nccn1-c1cc(C(=O)O)ccn1. The number of aryl methyl sites for hydroxylation is 1. The Labute approximate surface area is 86.0 Å². The van der Waals surface area contributed by atoms with Crippen LogP contribution in [-0.2, 0) is 0 Å². The summed E-state index contributed by atoms with van der Waals surface area (Å²) in [5.41, 5.74) is 0.216. The summed E-state index contributed by atoms with van der Waals surface area (Å²) in [6, 6.07) is 2.97. The lowest BCUT2D eigenvalue weighted by Gasteiger charge is -2.03. The van der Waals surface area contributed by atoms with Crippen LogP contribution >= 0.6 is 0 Å². The minimum absolute atomic E-state index is 0.216. The molecule has 0 saturated heterocycles. The summed E-state index contributed by atoms with van der Waals surface area (Å²) in [6.45, 7) is 1.83. The Hall–Kier alpha value is -2.17. The van der Waals surface area contributed by atoms with Crippen LogP contribution in [0.15, 0.2) is 30.7 Å². The molecule has 5 nitrogen and oxygen atoms in total. The first-order valence-electron chi connectivity index (χ1n) is 4.38. The summed E-state index contributed by atoms with van der Waals surface area (Å²) < 4.78 is 1.73. The molecule has 0 spiro atoms. The molecule has 0 unspecified atom stereocenters. The van der Waals surface area contributed by atoms with Crippen molar-refractivity contribution in [3.63, 3.8) is 0 Å². The maximum atomic E-state index is 10.8. The summed E-state index contributed by atoms with van der Waals surface area (Å²) in [5.74, 6) is 0.367. The van der Waals surface area contributed by atoms with Crippen LogP contribution in [0.2, 0.25) is 0 Å². The van der Waals surface area contributed by atoms with Crippen LogP contribution < -0.4 is 0 Å². The van der Waals surface area contributed by atoms with E-state index in [9.17, 15) is 4.79 Å². The fourth-order valence-corrected chi connectivity index (χ4v) is 1.30. The Kier molecular flexibility index (Phi) is 2.21. The van der Waals surface area contributed by atoms with Gasteiger partial charge in [-0.15, -0.1) is 0 Å². The number of carboxylic acids is 1. The smallest absolute Gasteiger partial charge is 0.335 e. The number of aromatic carboxylic acids is 1. The normalized spacial score (nSPS) is 10.2. The molecule has 0 fully saturated rings. The lowest BCUT2D eigenvalue weighted by molar-refractivity contribution is 0.0696. The van der Waals surface area contributed by atoms with Gasteiger partial charge in [-0.05, 0) is 19.1 Å². The third-order valence-electron chi connectivity index (χ3n) is 2.07. The number of pyridine rings is 1. The second kappa shape index (κ2) is 3.53. The number of carboxylic acid groups (broad SMARTS) is 1. The van der Waals surface area contributed by atoms with Crippen molar-refractivity contribution in [3.8, 4) is 5.82 Å². The van der Waals surface area contributed by atoms with Crippen molar-refractivity contribution in [1.29, 1.82) is 0 Å². The van der Waals surface area contributed by atoms with Crippen LogP contribution in [0.25, 0.3) is 5.82 Å². The van der Waals surface area contributed by atoms with Crippen molar-refractivity contribution < 1.29 is 9.90 Å². The van der Waals surface area contributed by atoms with Gasteiger partial charge in [-0.1, -0.05) is 0 Å². The molecule has 2 aromatic heterocycles. The van der Waals surface area contributed by atoms with E-state index < -0.39 is 5.97 Å². The summed E-state index contributed by atoms with van der Waals surface area (Å²) in [7, 11) is 0. The first-order chi connectivity index (χ1) is 7.18. The maximum Gasteiger partial charge on any atom is 0.335 e. The molecular weight excluding hydrogens is 194 g/mol. The van der Waals surface area contributed by atoms with Gasteiger partial charge in [-0.25, -0.2) is 14.8 Å². The molecule has 2 aromatic rings. The zero-order valence-electron chi connectivity index (χ0n) is 8.08. The van der Waals surface area contributed by atoms with Crippen LogP contribution in [0.1, 0.15) is 16.2 Å². The molecule has 2 rings (SSSR count). The van der Waals surface area contributed by atoms with Crippen molar-refractivity contribution in [3.05, 3.63) is 42.1 Å². The van der Waals surface area contributed by atoms with Gasteiger partial charge in [0.05, 0.1) is 5.56 Å². The molecule has 76 valence electrons. The van der Waals surface area contributed by atoms with E-state index in [2.05, 4.69) is 9.97 Å². The van der Waals surface area contributed by atoms with Gasteiger partial charge in [-0.2, -0.15) is 0 Å². The van der Waals surface area contributed by atoms with Crippen LogP contribution in [0.5, 0.6) is 0 Å². The molecule has 2 heterocycles. The molecule has 1 N–H and O–H groups in total. The highest BCUT2D eigenvalue weighted by Crippen LogP contribution is 2.09. The van der Waals surface area contributed by atoms with Gasteiger partial charge in [0, 0.05) is 18.6 Å². The van der Waals surface area contributed by atoms with Crippen molar-refractivity contribution in [2.75, 3.05) is 0 Å². The number of hydrogen-bond acceptors (Lipinski definition) is 3. The molecule has 0 aromatic carbocycles. The second-order valence-corrected chi connectivity index (χ2v) is 3.05. The van der Waals surface area contributed by atoms with E-state index in [4.69, 9.17) is 5.11 Å². The van der Waals surface area contributed by atoms with Gasteiger partial charge in [0.2, 0.25) is 0 Å². The summed E-state index contributed by atoms with van der Waals surface area (Å²) >= 11 is 0. The molecule has 15 heavy (non-hydrogen) atoms. The Morgan fingerprint density at radius 3 is 2.80 bits per heavy atom. The largest absolute Gasteiger partial charge is 0.478 e. The van der Waals surface area contributed by atoms with Gasteiger partial charge in [-0.3, -0.25) is 4.57 Å². The van der Waals surface area contributed by atoms with E-state index >= 15 is 0 Å². The molecule has 0 aliphatic heterocycles. The maximum absolute atomic E-state index is 10.8. The molecule has 0 bridgehead atoms. The van der Waals surface area contributed by atoms with Crippen LogP contribution in [0.3, 0.4) is 0 Å². The number of carbonyl (C=O) groups is 1. The topological polar surface area (TPSA) is 68.0 Å². The third-order valence-corrected chi connectivity index (χ3v) is 2.07. The van der Waals surface area contributed by atoms with Crippen LogP contribution in [0, 0.1) is 6.92 Å². The number of hydrogen-bond donors (Lipinski definition) is 1. The summed E-state index contributed by atoms with van der Waals surface area (Å²) in [5, 5.41) is 8.82. The Balaban J connectivity index is 2.50. The number of aromatic nitrogens is 3. The molecule has 0 aliphatic rings. The molecule has 5 heteroatoms. The quantitative estimate of drug-likeness (QED) is 0.798. The van der Waals surface area contributed by atoms with E-state index in [1.165, 1.54) is 18.3 Å². The molecule has 0 aliphatic carbocycles. The van der Waals surface area contributed by atoms with Gasteiger partial charge in [0.25, 0.3) is 0 Å². The summed E-state index contributed by atoms with van der Waals surface area (Å²) in [6.07, 6.45) is 4.85. The standard InChI is InChI=1S/C10H9N3O2/c1-7-11-4-5-13(7)9-6-8(10(14)15)2-3-12-9/h2-6H,1H3,(H,14,15). The average Bonchev–Trinajstić information content (AvgIpc) is 2.64. The van der Waals surface area contributed by atoms with Gasteiger partial charge in [0.15, 0.2) is 0 Å². The number of rotatable bonds is 2. The van der Waals surface area contributed by atoms with E-state index in [-0.39, 0.29) is 5.56 Å². The van der Waals surface area contributed by atoms with Crippen molar-refractivity contribution >= 4 is 5.97 Å². The van der Waals surface area contributed by atoms with Crippen molar-refractivity contribution in [2.45, 2.75) is 6.92 Å². The average molecular weight is 203 g/mol. The van der Waals surface area contributed by atoms with Crippen molar-refractivity contribution in [2.24, 2.45) is 0 Å². The predicted molar refractivity (Wildman–Crippen MR) is 53.1 cm³/mol. The summed E-state index contributed by atoms with van der Waals surface area (Å²) in [4.78, 5) is 18.9. The monoisotopic (exact) mass is 203 g/mol. The van der Waals surface area contributed by atoms with E-state index in [0.29, 0.717) is 5.82 Å². The van der Waals surface area contributed by atoms with Crippen molar-refractivity contribution in [1.82, 2.24) is 14.5 Å². The predicted octanol–water partition coefficient (Wildman–Crippen LogP) is 1.27. The zero-order chi connectivity index (χ0) is 10.8. The van der Waals surface area contributed by atoms with E-state index in [1.807, 2.05) is 6.92 Å². The highest BCUT2D eigenvalue weighted by Gasteiger charge is 2.06. The fraction of sp³-hybridized carbons (Fsp3) is 0.100. The number of imidazole rings is 1. The molecule has 0 atom stereocenters. The first-order valence-corrected chi connectivity index (χ1v) is 4.38. The fourth-order valence-electron chi connectivity index (χ4n) is 1.30. The van der Waals surface area contributed by atoms with Crippen LogP contribution in [-0.4, -0.2) is 25.6 Å². The Bertz CT molecular complexity index is 505. The lowest BCUT2D eigenvalue weighted by Crippen LogP contribution is -2.02. The molecule has 0 amide bonds. The van der Waals surface area contributed by atoms with Gasteiger partial charge < -0.3 is 5.11 Å². The molecule has 0 radical (unpaired) electrons.